The van der Waals surface area contributed by atoms with Crippen LogP contribution in [0.1, 0.15) is 53.0 Å². The molecule has 1 saturated heterocycles. The van der Waals surface area contributed by atoms with Crippen molar-refractivity contribution in [2.24, 2.45) is 0 Å². The Balaban J connectivity index is 1.94. The Morgan fingerprint density at radius 2 is 2.32 bits per heavy atom. The molecule has 2 rings (SSSR count). The maximum Gasteiger partial charge on any atom is 0.347 e. The molecular weight excluding hydrogens is 260 g/mol. The summed E-state index contributed by atoms with van der Waals surface area (Å²) in [6, 6.07) is 0.703. The van der Waals surface area contributed by atoms with Crippen molar-refractivity contribution in [3.8, 4) is 0 Å². The van der Waals surface area contributed by atoms with Crippen molar-refractivity contribution in [3.63, 3.8) is 0 Å². The van der Waals surface area contributed by atoms with Gasteiger partial charge < -0.3 is 5.11 Å². The largest absolute Gasteiger partial charge is 0.477 e. The fourth-order valence-corrected chi connectivity index (χ4v) is 3.71. The van der Waals surface area contributed by atoms with E-state index >= 15 is 0 Å². The summed E-state index contributed by atoms with van der Waals surface area (Å²) in [5.41, 5.74) is 0.651. The SMILES string of the molecule is CCC1CCCCN1CCc1nc(C)c(C(=O)O)s1. The van der Waals surface area contributed by atoms with Gasteiger partial charge in [-0.25, -0.2) is 9.78 Å². The lowest BCUT2D eigenvalue weighted by atomic mass is 10.00. The number of thiazole rings is 1. The monoisotopic (exact) mass is 282 g/mol. The molecule has 0 radical (unpaired) electrons. The number of likely N-dealkylation sites (tertiary alicyclic amines) is 1. The molecule has 1 aliphatic rings. The van der Waals surface area contributed by atoms with E-state index in [9.17, 15) is 4.79 Å². The van der Waals surface area contributed by atoms with E-state index in [0.717, 1.165) is 18.0 Å². The van der Waals surface area contributed by atoms with Crippen LogP contribution in [-0.4, -0.2) is 40.1 Å². The number of carboxylic acid groups (broad SMARTS) is 1. The first-order chi connectivity index (χ1) is 9.11. The summed E-state index contributed by atoms with van der Waals surface area (Å²) in [4.78, 5) is 18.3. The van der Waals surface area contributed by atoms with Gasteiger partial charge in [0.05, 0.1) is 10.7 Å². The highest BCUT2D eigenvalue weighted by Crippen LogP contribution is 2.22. The first kappa shape index (κ1) is 14.5. The Labute approximate surface area is 118 Å². The van der Waals surface area contributed by atoms with Crippen LogP contribution in [0.15, 0.2) is 0 Å². The van der Waals surface area contributed by atoms with Crippen LogP contribution in [0.3, 0.4) is 0 Å². The molecule has 2 heterocycles. The quantitative estimate of drug-likeness (QED) is 0.902. The molecular formula is C14H22N2O2S. The second kappa shape index (κ2) is 6.48. The fraction of sp³-hybridized carbons (Fsp3) is 0.714. The molecule has 1 N–H and O–H groups in total. The summed E-state index contributed by atoms with van der Waals surface area (Å²) in [6.07, 6.45) is 6.00. The summed E-state index contributed by atoms with van der Waals surface area (Å²) in [6.45, 7) is 6.21. The standard InChI is InChI=1S/C14H22N2O2S/c1-3-11-6-4-5-8-16(11)9-7-12-15-10(2)13(19-12)14(17)18/h11H,3-9H2,1-2H3,(H,17,18). The predicted molar refractivity (Wildman–Crippen MR) is 77.0 cm³/mol. The van der Waals surface area contributed by atoms with Gasteiger partial charge in [0.2, 0.25) is 0 Å². The molecule has 0 spiro atoms. The second-order valence-corrected chi connectivity index (χ2v) is 6.25. The van der Waals surface area contributed by atoms with Gasteiger partial charge >= 0.3 is 5.97 Å². The molecule has 5 heteroatoms. The molecule has 1 aromatic rings. The van der Waals surface area contributed by atoms with Gasteiger partial charge in [0.25, 0.3) is 0 Å². The van der Waals surface area contributed by atoms with Gasteiger partial charge in [-0.3, -0.25) is 4.90 Å². The summed E-state index contributed by atoms with van der Waals surface area (Å²) in [7, 11) is 0. The molecule has 0 amide bonds. The molecule has 0 aliphatic carbocycles. The second-order valence-electron chi connectivity index (χ2n) is 5.17. The predicted octanol–water partition coefficient (Wildman–Crippen LogP) is 2.96. The van der Waals surface area contributed by atoms with Crippen LogP contribution in [0.4, 0.5) is 0 Å². The number of piperidine rings is 1. The van der Waals surface area contributed by atoms with Gasteiger partial charge in [-0.1, -0.05) is 13.3 Å². The molecule has 1 aromatic heterocycles. The Morgan fingerprint density at radius 1 is 1.53 bits per heavy atom. The van der Waals surface area contributed by atoms with E-state index < -0.39 is 5.97 Å². The lowest BCUT2D eigenvalue weighted by molar-refractivity contribution is 0.0701. The Bertz CT molecular complexity index is 445. The number of carbonyl (C=O) groups is 1. The number of aromatic carboxylic acids is 1. The van der Waals surface area contributed by atoms with Gasteiger partial charge in [0, 0.05) is 19.0 Å². The van der Waals surface area contributed by atoms with Crippen molar-refractivity contribution in [3.05, 3.63) is 15.6 Å². The molecule has 4 nitrogen and oxygen atoms in total. The van der Waals surface area contributed by atoms with Gasteiger partial charge in [0.1, 0.15) is 4.88 Å². The molecule has 0 saturated carbocycles. The number of hydrogen-bond acceptors (Lipinski definition) is 4. The van der Waals surface area contributed by atoms with E-state index in [-0.39, 0.29) is 0 Å². The summed E-state index contributed by atoms with van der Waals surface area (Å²) in [5.74, 6) is -0.856. The molecule has 106 valence electrons. The van der Waals surface area contributed by atoms with E-state index in [1.165, 1.54) is 43.6 Å². The van der Waals surface area contributed by atoms with E-state index in [0.29, 0.717) is 16.6 Å². The minimum atomic E-state index is -0.856. The minimum Gasteiger partial charge on any atom is -0.477 e. The van der Waals surface area contributed by atoms with Crippen molar-refractivity contribution in [1.82, 2.24) is 9.88 Å². The molecule has 0 aromatic carbocycles. The summed E-state index contributed by atoms with van der Waals surface area (Å²) in [5, 5.41) is 9.99. The maximum atomic E-state index is 11.0. The Morgan fingerprint density at radius 3 is 2.95 bits per heavy atom. The van der Waals surface area contributed by atoms with Crippen molar-refractivity contribution in [2.75, 3.05) is 13.1 Å². The van der Waals surface area contributed by atoms with Crippen molar-refractivity contribution >= 4 is 17.3 Å². The van der Waals surface area contributed by atoms with Crippen LogP contribution in [0.2, 0.25) is 0 Å². The summed E-state index contributed by atoms with van der Waals surface area (Å²) >= 11 is 1.33. The number of carboxylic acids is 1. The molecule has 1 atom stereocenters. The number of nitrogens with zero attached hydrogens (tertiary/aromatic N) is 2. The number of aryl methyl sites for hydroxylation is 1. The molecule has 1 unspecified atom stereocenters. The van der Waals surface area contributed by atoms with Crippen LogP contribution < -0.4 is 0 Å². The third-order valence-electron chi connectivity index (χ3n) is 3.87. The highest BCUT2D eigenvalue weighted by molar-refractivity contribution is 7.13. The van der Waals surface area contributed by atoms with Crippen LogP contribution in [0.5, 0.6) is 0 Å². The van der Waals surface area contributed by atoms with Gasteiger partial charge in [0.15, 0.2) is 0 Å². The molecule has 1 fully saturated rings. The van der Waals surface area contributed by atoms with E-state index in [2.05, 4.69) is 16.8 Å². The van der Waals surface area contributed by atoms with Gasteiger partial charge in [-0.05, 0) is 32.7 Å². The summed E-state index contributed by atoms with van der Waals surface area (Å²) < 4.78 is 0. The average molecular weight is 282 g/mol. The molecule has 1 aliphatic heterocycles. The third-order valence-corrected chi connectivity index (χ3v) is 5.07. The smallest absolute Gasteiger partial charge is 0.347 e. The van der Waals surface area contributed by atoms with E-state index in [1.54, 1.807) is 6.92 Å². The van der Waals surface area contributed by atoms with Gasteiger partial charge in [-0.15, -0.1) is 11.3 Å². The number of rotatable bonds is 5. The zero-order valence-corrected chi connectivity index (χ0v) is 12.5. The molecule has 0 bridgehead atoms. The van der Waals surface area contributed by atoms with E-state index in [1.807, 2.05) is 0 Å². The highest BCUT2D eigenvalue weighted by Gasteiger charge is 2.21. The van der Waals surface area contributed by atoms with Crippen LogP contribution in [0.25, 0.3) is 0 Å². The van der Waals surface area contributed by atoms with Crippen LogP contribution in [0, 0.1) is 6.92 Å². The Hall–Kier alpha value is -0.940. The van der Waals surface area contributed by atoms with Crippen molar-refractivity contribution in [2.45, 2.75) is 52.0 Å². The molecule has 19 heavy (non-hydrogen) atoms. The number of aromatic nitrogens is 1. The van der Waals surface area contributed by atoms with Crippen LogP contribution >= 0.6 is 11.3 Å². The lowest BCUT2D eigenvalue weighted by Gasteiger charge is -2.34. The van der Waals surface area contributed by atoms with Gasteiger partial charge in [-0.2, -0.15) is 0 Å². The average Bonchev–Trinajstić information content (AvgIpc) is 2.78. The lowest BCUT2D eigenvalue weighted by Crippen LogP contribution is -2.40. The first-order valence-corrected chi connectivity index (χ1v) is 7.87. The van der Waals surface area contributed by atoms with Crippen molar-refractivity contribution < 1.29 is 9.90 Å². The highest BCUT2D eigenvalue weighted by atomic mass is 32.1. The van der Waals surface area contributed by atoms with Crippen molar-refractivity contribution in [1.29, 1.82) is 0 Å². The van der Waals surface area contributed by atoms with Crippen LogP contribution in [-0.2, 0) is 6.42 Å². The number of hydrogen-bond donors (Lipinski definition) is 1. The maximum absolute atomic E-state index is 11.0. The zero-order valence-electron chi connectivity index (χ0n) is 11.7. The normalized spacial score (nSPS) is 20.6. The zero-order chi connectivity index (χ0) is 13.8. The first-order valence-electron chi connectivity index (χ1n) is 7.05. The minimum absolute atomic E-state index is 0.390. The third kappa shape index (κ3) is 3.54. The topological polar surface area (TPSA) is 53.4 Å². The fourth-order valence-electron chi connectivity index (χ4n) is 2.81. The van der Waals surface area contributed by atoms with E-state index in [4.69, 9.17) is 5.11 Å². The Kier molecular flexibility index (Phi) is 4.93.